The van der Waals surface area contributed by atoms with Crippen LogP contribution in [0.2, 0.25) is 0 Å². The number of carbonyl (C=O) groups excluding carboxylic acids is 1. The summed E-state index contributed by atoms with van der Waals surface area (Å²) in [7, 11) is 5.12. The molecule has 2 aromatic carbocycles. The molecule has 0 spiro atoms. The van der Waals surface area contributed by atoms with E-state index in [-0.39, 0.29) is 17.3 Å². The summed E-state index contributed by atoms with van der Waals surface area (Å²) in [5.41, 5.74) is 3.47. The van der Waals surface area contributed by atoms with Crippen LogP contribution in [0.25, 0.3) is 5.57 Å². The third-order valence-electron chi connectivity index (χ3n) is 7.43. The maximum atomic E-state index is 13.1. The summed E-state index contributed by atoms with van der Waals surface area (Å²) >= 11 is 0. The van der Waals surface area contributed by atoms with Crippen molar-refractivity contribution in [3.8, 4) is 17.2 Å². The first-order valence-electron chi connectivity index (χ1n) is 12.8. The minimum Gasteiger partial charge on any atom is -0.493 e. The lowest BCUT2D eigenvalue weighted by Crippen LogP contribution is -2.34. The molecule has 1 fully saturated rings. The van der Waals surface area contributed by atoms with Gasteiger partial charge in [0.05, 0.1) is 48.8 Å². The van der Waals surface area contributed by atoms with Gasteiger partial charge in [-0.1, -0.05) is 0 Å². The molecule has 1 N–H and O–H groups in total. The van der Waals surface area contributed by atoms with E-state index in [2.05, 4.69) is 17.3 Å². The van der Waals surface area contributed by atoms with Gasteiger partial charge in [0.2, 0.25) is 5.91 Å². The van der Waals surface area contributed by atoms with Gasteiger partial charge in [-0.15, -0.1) is 0 Å². The number of hydrogen-bond donors (Lipinski definition) is 1. The largest absolute Gasteiger partial charge is 0.493 e. The van der Waals surface area contributed by atoms with Crippen LogP contribution in [0, 0.1) is 22.0 Å². The van der Waals surface area contributed by atoms with Crippen LogP contribution in [0.4, 0.5) is 17.1 Å². The predicted molar refractivity (Wildman–Crippen MR) is 145 cm³/mol. The van der Waals surface area contributed by atoms with Crippen molar-refractivity contribution in [3.05, 3.63) is 52.1 Å². The summed E-state index contributed by atoms with van der Waals surface area (Å²) in [6.07, 6.45) is 5.38. The van der Waals surface area contributed by atoms with Gasteiger partial charge in [-0.25, -0.2) is 0 Å². The molecule has 0 radical (unpaired) electrons. The van der Waals surface area contributed by atoms with E-state index < -0.39 is 10.8 Å². The molecule has 1 amide bonds. The molecule has 2 aromatic rings. The van der Waals surface area contributed by atoms with Gasteiger partial charge in [-0.2, -0.15) is 0 Å². The molecule has 38 heavy (non-hydrogen) atoms. The Morgan fingerprint density at radius 3 is 2.68 bits per heavy atom. The normalized spacial score (nSPS) is 21.2. The second kappa shape index (κ2) is 10.8. The number of carbonyl (C=O) groups is 1. The fourth-order valence-corrected chi connectivity index (χ4v) is 5.42. The predicted octanol–water partition coefficient (Wildman–Crippen LogP) is 4.85. The Morgan fingerprint density at radius 2 is 1.95 bits per heavy atom. The Labute approximate surface area is 221 Å². The number of aliphatic imine (C=N–C) groups is 1. The standard InChI is InChI=1S/C28H32N4O6/c1-31-10-4-5-17(15-31)16-38-27-14-22-23(13-26(27)37-3)30-28(33)20-8-6-18(11-21(20)29-22)19-7-9-24(32(34)35)25(12-19)36-2/h7,9,11-14,17,20H,4-6,8,10,15-16H2,1-3H3,(H,30,33). The molecule has 2 aliphatic heterocycles. The van der Waals surface area contributed by atoms with E-state index in [1.807, 2.05) is 12.1 Å². The van der Waals surface area contributed by atoms with Crippen LogP contribution < -0.4 is 19.5 Å². The number of allylic oxidation sites excluding steroid dienone is 2. The van der Waals surface area contributed by atoms with E-state index in [0.29, 0.717) is 54.0 Å². The summed E-state index contributed by atoms with van der Waals surface area (Å²) in [6, 6.07) is 8.40. The molecule has 2 unspecified atom stereocenters. The number of nitrogens with one attached hydrogen (secondary N) is 1. The zero-order valence-corrected chi connectivity index (χ0v) is 21.9. The van der Waals surface area contributed by atoms with Crippen LogP contribution in [0.15, 0.2) is 41.4 Å². The number of benzene rings is 2. The minimum atomic E-state index is -0.467. The van der Waals surface area contributed by atoms with Crippen molar-refractivity contribution in [2.24, 2.45) is 16.8 Å². The Bertz CT molecular complexity index is 1320. The number of fused-ring (bicyclic) bond motifs is 2. The lowest BCUT2D eigenvalue weighted by atomic mass is 9.84. The number of amides is 1. The number of ether oxygens (including phenoxy) is 3. The van der Waals surface area contributed by atoms with Crippen molar-refractivity contribution in [1.82, 2.24) is 4.90 Å². The van der Waals surface area contributed by atoms with Crippen LogP contribution in [0.5, 0.6) is 17.2 Å². The number of likely N-dealkylation sites (tertiary alicyclic amines) is 1. The zero-order valence-electron chi connectivity index (χ0n) is 21.9. The maximum Gasteiger partial charge on any atom is 0.310 e. The van der Waals surface area contributed by atoms with E-state index in [1.165, 1.54) is 13.2 Å². The highest BCUT2D eigenvalue weighted by atomic mass is 16.6. The Hall–Kier alpha value is -3.92. The quantitative estimate of drug-likeness (QED) is 0.410. The molecule has 0 aromatic heterocycles. The van der Waals surface area contributed by atoms with E-state index in [0.717, 1.165) is 37.1 Å². The molecular weight excluding hydrogens is 488 g/mol. The molecular formula is C28H32N4O6. The highest BCUT2D eigenvalue weighted by molar-refractivity contribution is 6.19. The molecule has 0 saturated carbocycles. The first-order valence-corrected chi connectivity index (χ1v) is 12.8. The number of methoxy groups -OCH3 is 2. The van der Waals surface area contributed by atoms with Crippen LogP contribution in [-0.4, -0.2) is 62.4 Å². The number of hydrogen-bond acceptors (Lipinski definition) is 8. The molecule has 10 nitrogen and oxygen atoms in total. The molecule has 1 aliphatic carbocycles. The first-order chi connectivity index (χ1) is 18.4. The van der Waals surface area contributed by atoms with Crippen molar-refractivity contribution >= 4 is 34.3 Å². The smallest absolute Gasteiger partial charge is 0.310 e. The molecule has 3 aliphatic rings. The summed E-state index contributed by atoms with van der Waals surface area (Å²) < 4.78 is 17.0. The highest BCUT2D eigenvalue weighted by Gasteiger charge is 2.32. The molecule has 5 rings (SSSR count). The Balaban J connectivity index is 1.47. The van der Waals surface area contributed by atoms with Crippen molar-refractivity contribution < 1.29 is 23.9 Å². The highest BCUT2D eigenvalue weighted by Crippen LogP contribution is 2.42. The summed E-state index contributed by atoms with van der Waals surface area (Å²) in [5.74, 6) is 1.25. The van der Waals surface area contributed by atoms with Crippen LogP contribution >= 0.6 is 0 Å². The molecule has 2 atom stereocenters. The fourth-order valence-electron chi connectivity index (χ4n) is 5.42. The van der Waals surface area contributed by atoms with Gasteiger partial charge in [-0.3, -0.25) is 19.9 Å². The average molecular weight is 521 g/mol. The second-order valence-electron chi connectivity index (χ2n) is 10.0. The number of nitro groups is 1. The lowest BCUT2D eigenvalue weighted by Gasteiger charge is -2.29. The molecule has 2 heterocycles. The van der Waals surface area contributed by atoms with Crippen molar-refractivity contribution in [2.75, 3.05) is 46.3 Å². The van der Waals surface area contributed by atoms with Crippen LogP contribution in [0.1, 0.15) is 31.2 Å². The summed E-state index contributed by atoms with van der Waals surface area (Å²) in [4.78, 5) is 31.2. The number of nitrogens with zero attached hydrogens (tertiary/aromatic N) is 3. The summed E-state index contributed by atoms with van der Waals surface area (Å²) in [5, 5.41) is 14.3. The molecule has 1 saturated heterocycles. The maximum absolute atomic E-state index is 13.1. The molecule has 10 heteroatoms. The molecule has 0 bridgehead atoms. The first kappa shape index (κ1) is 25.7. The van der Waals surface area contributed by atoms with Crippen molar-refractivity contribution in [1.29, 1.82) is 0 Å². The lowest BCUT2D eigenvalue weighted by molar-refractivity contribution is -0.385. The number of nitro benzene ring substituents is 1. The SMILES string of the molecule is COc1cc2c(cc1OCC1CCCN(C)C1)N=C1C=C(c3ccc([N+](=O)[O-])c(OC)c3)CCC1C(=O)N2. The topological polar surface area (TPSA) is 116 Å². The third-order valence-corrected chi connectivity index (χ3v) is 7.43. The second-order valence-corrected chi connectivity index (χ2v) is 10.0. The third kappa shape index (κ3) is 5.22. The van der Waals surface area contributed by atoms with Gasteiger partial charge in [0.25, 0.3) is 0 Å². The van der Waals surface area contributed by atoms with E-state index in [1.54, 1.807) is 25.3 Å². The van der Waals surface area contributed by atoms with E-state index >= 15 is 0 Å². The average Bonchev–Trinajstić information content (AvgIpc) is 3.05. The van der Waals surface area contributed by atoms with Gasteiger partial charge in [0.15, 0.2) is 17.2 Å². The van der Waals surface area contributed by atoms with Crippen molar-refractivity contribution in [2.45, 2.75) is 25.7 Å². The van der Waals surface area contributed by atoms with E-state index in [9.17, 15) is 14.9 Å². The number of piperidine rings is 1. The monoisotopic (exact) mass is 520 g/mol. The minimum absolute atomic E-state index is 0.0907. The summed E-state index contributed by atoms with van der Waals surface area (Å²) in [6.45, 7) is 2.69. The number of anilines is 1. The molecule has 200 valence electrons. The fraction of sp³-hybridized carbons (Fsp3) is 0.429. The van der Waals surface area contributed by atoms with Gasteiger partial charge < -0.3 is 24.4 Å². The van der Waals surface area contributed by atoms with Gasteiger partial charge in [0.1, 0.15) is 0 Å². The van der Waals surface area contributed by atoms with Gasteiger partial charge >= 0.3 is 5.69 Å². The van der Waals surface area contributed by atoms with Gasteiger partial charge in [0, 0.05) is 30.7 Å². The Morgan fingerprint density at radius 1 is 1.13 bits per heavy atom. The van der Waals surface area contributed by atoms with Crippen molar-refractivity contribution in [3.63, 3.8) is 0 Å². The van der Waals surface area contributed by atoms with Crippen LogP contribution in [-0.2, 0) is 4.79 Å². The zero-order chi connectivity index (χ0) is 26.8. The number of rotatable bonds is 7. The van der Waals surface area contributed by atoms with E-state index in [4.69, 9.17) is 19.2 Å². The van der Waals surface area contributed by atoms with Crippen LogP contribution in [0.3, 0.4) is 0 Å². The van der Waals surface area contributed by atoms with Gasteiger partial charge in [-0.05, 0) is 68.6 Å². The Kier molecular flexibility index (Phi) is 7.33.